The van der Waals surface area contributed by atoms with Crippen molar-refractivity contribution in [2.45, 2.75) is 32.5 Å². The molecule has 3 rings (SSSR count). The van der Waals surface area contributed by atoms with Gasteiger partial charge in [0.15, 0.2) is 10.9 Å². The van der Waals surface area contributed by atoms with Crippen LogP contribution in [0.5, 0.6) is 0 Å². The number of hydrogen-bond donors (Lipinski definition) is 0. The first-order valence-corrected chi connectivity index (χ1v) is 10.1. The predicted molar refractivity (Wildman–Crippen MR) is 110 cm³/mol. The fraction of sp³-hybridized carbons (Fsp3) is 0.250. The van der Waals surface area contributed by atoms with Gasteiger partial charge in [-0.3, -0.25) is 14.2 Å². The number of fused-ring (bicyclic) bond motifs is 1. The maximum absolute atomic E-state index is 12.7. The minimum absolute atomic E-state index is 0.0429. The summed E-state index contributed by atoms with van der Waals surface area (Å²) in [6.45, 7) is 10.1. The van der Waals surface area contributed by atoms with Gasteiger partial charge in [-0.05, 0) is 55.0 Å². The van der Waals surface area contributed by atoms with Gasteiger partial charge in [0.25, 0.3) is 5.56 Å². The second-order valence-corrected chi connectivity index (χ2v) is 8.04. The summed E-state index contributed by atoms with van der Waals surface area (Å²) in [7, 11) is 0. The average Bonchev–Trinajstić information content (AvgIpc) is 3.07. The molecule has 1 aromatic carbocycles. The van der Waals surface area contributed by atoms with E-state index in [0.717, 1.165) is 16.7 Å². The quantitative estimate of drug-likeness (QED) is 0.271. The van der Waals surface area contributed by atoms with Gasteiger partial charge >= 0.3 is 0 Å². The van der Waals surface area contributed by atoms with Gasteiger partial charge in [-0.25, -0.2) is 4.98 Å². The van der Waals surface area contributed by atoms with Crippen LogP contribution in [-0.2, 0) is 6.54 Å². The summed E-state index contributed by atoms with van der Waals surface area (Å²) >= 11 is 2.73. The topological polar surface area (TPSA) is 52.0 Å². The maximum atomic E-state index is 12.7. The highest BCUT2D eigenvalue weighted by atomic mass is 32.2. The lowest BCUT2D eigenvalue weighted by atomic mass is 9.99. The van der Waals surface area contributed by atoms with Crippen LogP contribution in [-0.4, -0.2) is 21.1 Å². The predicted octanol–water partition coefficient (Wildman–Crippen LogP) is 4.54. The van der Waals surface area contributed by atoms with E-state index in [1.54, 1.807) is 16.7 Å². The zero-order valence-electron chi connectivity index (χ0n) is 15.0. The molecule has 3 aromatic rings. The Kier molecular flexibility index (Phi) is 5.44. The standard InChI is InChI=1S/C20H20N2O2S2/c1-5-7-22-19(24)15-6-8-25-18(15)21-20(22)26-11-17(23)16-10-13(3)12(2)9-14(16)4/h5-6,8-10H,1,7,11H2,2-4H3. The zero-order chi connectivity index (χ0) is 18.8. The fourth-order valence-electron chi connectivity index (χ4n) is 2.80. The van der Waals surface area contributed by atoms with Crippen LogP contribution >= 0.6 is 23.1 Å². The van der Waals surface area contributed by atoms with Crippen LogP contribution in [0.2, 0.25) is 0 Å². The molecule has 134 valence electrons. The Morgan fingerprint density at radius 1 is 1.27 bits per heavy atom. The van der Waals surface area contributed by atoms with Gasteiger partial charge in [0.2, 0.25) is 0 Å². The number of rotatable bonds is 6. The third-order valence-electron chi connectivity index (χ3n) is 4.33. The number of carbonyl (C=O) groups is 1. The Hall–Kier alpha value is -2.18. The van der Waals surface area contributed by atoms with E-state index in [1.807, 2.05) is 38.3 Å². The van der Waals surface area contributed by atoms with Gasteiger partial charge in [-0.15, -0.1) is 17.9 Å². The number of thiophene rings is 1. The molecule has 0 fully saturated rings. The van der Waals surface area contributed by atoms with E-state index in [-0.39, 0.29) is 17.1 Å². The van der Waals surface area contributed by atoms with Crippen LogP contribution in [0.3, 0.4) is 0 Å². The number of ketones is 1. The molecule has 6 heteroatoms. The summed E-state index contributed by atoms with van der Waals surface area (Å²) < 4.78 is 1.58. The van der Waals surface area contributed by atoms with Crippen molar-refractivity contribution in [3.8, 4) is 0 Å². The first-order valence-electron chi connectivity index (χ1n) is 8.25. The third kappa shape index (κ3) is 3.52. The second kappa shape index (κ2) is 7.60. The summed E-state index contributed by atoms with van der Waals surface area (Å²) in [5.41, 5.74) is 3.90. The monoisotopic (exact) mass is 384 g/mol. The molecule has 0 N–H and O–H groups in total. The molecule has 0 aliphatic rings. The van der Waals surface area contributed by atoms with Crippen molar-refractivity contribution in [2.75, 3.05) is 5.75 Å². The molecule has 0 saturated heterocycles. The zero-order valence-corrected chi connectivity index (χ0v) is 16.7. The largest absolute Gasteiger partial charge is 0.293 e. The molecule has 0 aliphatic heterocycles. The van der Waals surface area contributed by atoms with Gasteiger partial charge in [0.05, 0.1) is 11.1 Å². The number of carbonyl (C=O) groups excluding carboxylic acids is 1. The highest BCUT2D eigenvalue weighted by molar-refractivity contribution is 7.99. The number of nitrogens with zero attached hydrogens (tertiary/aromatic N) is 2. The Bertz CT molecular complexity index is 1060. The van der Waals surface area contributed by atoms with Gasteiger partial charge in [-0.2, -0.15) is 0 Å². The molecular formula is C20H20N2O2S2. The van der Waals surface area contributed by atoms with Gasteiger partial charge < -0.3 is 0 Å². The van der Waals surface area contributed by atoms with Crippen molar-refractivity contribution in [3.63, 3.8) is 0 Å². The molecule has 0 atom stereocenters. The van der Waals surface area contributed by atoms with E-state index >= 15 is 0 Å². The van der Waals surface area contributed by atoms with E-state index in [0.29, 0.717) is 21.9 Å². The van der Waals surface area contributed by atoms with Crippen molar-refractivity contribution < 1.29 is 4.79 Å². The summed E-state index contributed by atoms with van der Waals surface area (Å²) in [5.74, 6) is 0.283. The Labute approximate surface area is 160 Å². The van der Waals surface area contributed by atoms with E-state index in [1.165, 1.54) is 28.7 Å². The van der Waals surface area contributed by atoms with Gasteiger partial charge in [-0.1, -0.05) is 23.9 Å². The molecule has 0 bridgehead atoms. The summed E-state index contributed by atoms with van der Waals surface area (Å²) in [5, 5.41) is 3.02. The molecule has 0 spiro atoms. The lowest BCUT2D eigenvalue weighted by molar-refractivity contribution is 0.102. The van der Waals surface area contributed by atoms with Gasteiger partial charge in [0.1, 0.15) is 4.83 Å². The van der Waals surface area contributed by atoms with Crippen LogP contribution < -0.4 is 5.56 Å². The first-order chi connectivity index (χ1) is 12.4. The maximum Gasteiger partial charge on any atom is 0.263 e. The molecule has 4 nitrogen and oxygen atoms in total. The lowest BCUT2D eigenvalue weighted by Gasteiger charge is -2.11. The van der Waals surface area contributed by atoms with E-state index in [9.17, 15) is 9.59 Å². The van der Waals surface area contributed by atoms with Crippen molar-refractivity contribution in [3.05, 3.63) is 68.8 Å². The fourth-order valence-corrected chi connectivity index (χ4v) is 4.50. The first kappa shape index (κ1) is 18.6. The van der Waals surface area contributed by atoms with Crippen LogP contribution in [0.1, 0.15) is 27.0 Å². The number of allylic oxidation sites excluding steroid dienone is 1. The van der Waals surface area contributed by atoms with E-state index in [4.69, 9.17) is 0 Å². The van der Waals surface area contributed by atoms with E-state index < -0.39 is 0 Å². The van der Waals surface area contributed by atoms with Crippen LogP contribution in [0, 0.1) is 20.8 Å². The summed E-state index contributed by atoms with van der Waals surface area (Å²) in [6, 6.07) is 5.77. The van der Waals surface area contributed by atoms with Crippen LogP contribution in [0.15, 0.2) is 46.2 Å². The highest BCUT2D eigenvalue weighted by Gasteiger charge is 2.16. The molecule has 2 heterocycles. The van der Waals surface area contributed by atoms with Crippen LogP contribution in [0.4, 0.5) is 0 Å². The lowest BCUT2D eigenvalue weighted by Crippen LogP contribution is -2.22. The van der Waals surface area contributed by atoms with Crippen molar-refractivity contribution in [1.82, 2.24) is 9.55 Å². The smallest absolute Gasteiger partial charge is 0.263 e. The molecule has 0 unspecified atom stereocenters. The average molecular weight is 385 g/mol. The highest BCUT2D eigenvalue weighted by Crippen LogP contribution is 2.23. The van der Waals surface area contributed by atoms with Crippen molar-refractivity contribution >= 4 is 39.1 Å². The Morgan fingerprint density at radius 3 is 2.73 bits per heavy atom. The Morgan fingerprint density at radius 2 is 2.00 bits per heavy atom. The number of Topliss-reactive ketones (excluding diaryl/α,β-unsaturated/α-hetero) is 1. The SMILES string of the molecule is C=CCn1c(SCC(=O)c2cc(C)c(C)cc2C)nc2sccc2c1=O. The number of thioether (sulfide) groups is 1. The van der Waals surface area contributed by atoms with Crippen LogP contribution in [0.25, 0.3) is 10.2 Å². The number of aromatic nitrogens is 2. The minimum Gasteiger partial charge on any atom is -0.293 e. The van der Waals surface area contributed by atoms with Crippen molar-refractivity contribution in [2.24, 2.45) is 0 Å². The third-order valence-corrected chi connectivity index (χ3v) is 6.12. The molecule has 0 saturated carbocycles. The Balaban J connectivity index is 1.91. The normalized spacial score (nSPS) is 11.0. The molecule has 26 heavy (non-hydrogen) atoms. The molecule has 0 radical (unpaired) electrons. The number of benzene rings is 1. The molecule has 0 aliphatic carbocycles. The second-order valence-electron chi connectivity index (χ2n) is 6.20. The van der Waals surface area contributed by atoms with Crippen molar-refractivity contribution in [1.29, 1.82) is 0 Å². The number of hydrogen-bond acceptors (Lipinski definition) is 5. The minimum atomic E-state index is -0.0894. The van der Waals surface area contributed by atoms with Gasteiger partial charge in [0, 0.05) is 12.1 Å². The summed E-state index contributed by atoms with van der Waals surface area (Å²) in [4.78, 5) is 30.6. The molecule has 0 amide bonds. The molecular weight excluding hydrogens is 364 g/mol. The molecule has 2 aromatic heterocycles. The number of aryl methyl sites for hydroxylation is 3. The van der Waals surface area contributed by atoms with E-state index in [2.05, 4.69) is 11.6 Å². The summed E-state index contributed by atoms with van der Waals surface area (Å²) in [6.07, 6.45) is 1.67.